The van der Waals surface area contributed by atoms with Crippen molar-refractivity contribution in [3.63, 3.8) is 0 Å². The van der Waals surface area contributed by atoms with Gasteiger partial charge in [-0.3, -0.25) is 4.79 Å². The number of anilines is 1. The number of carbonyl (C=O) groups excluding carboxylic acids is 1. The van der Waals surface area contributed by atoms with Crippen LogP contribution in [0, 0.1) is 13.8 Å². The summed E-state index contributed by atoms with van der Waals surface area (Å²) in [6, 6.07) is 13.5. The van der Waals surface area contributed by atoms with Gasteiger partial charge < -0.3 is 10.6 Å². The fraction of sp³-hybridized carbons (Fsp3) is 0.278. The van der Waals surface area contributed by atoms with E-state index in [1.807, 2.05) is 70.3 Å². The molecule has 21 heavy (non-hydrogen) atoms. The maximum Gasteiger partial charge on any atom is 0.254 e. The summed E-state index contributed by atoms with van der Waals surface area (Å²) in [7, 11) is 1.83. The molecule has 110 valence electrons. The van der Waals surface area contributed by atoms with Gasteiger partial charge >= 0.3 is 0 Å². The molecule has 0 spiro atoms. The Morgan fingerprint density at radius 1 is 1.14 bits per heavy atom. The number of rotatable bonds is 3. The standard InChI is InChI=1S/C18H22N2O/c1-12-7-5-10-17(13(12)2)18(21)20(4)14(3)15-8-6-9-16(19)11-15/h5-11,14H,19H2,1-4H3. The zero-order valence-corrected chi connectivity index (χ0v) is 13.1. The summed E-state index contributed by atoms with van der Waals surface area (Å²) in [5.41, 5.74) is 10.5. The van der Waals surface area contributed by atoms with Crippen LogP contribution in [-0.4, -0.2) is 17.9 Å². The summed E-state index contributed by atoms with van der Waals surface area (Å²) >= 11 is 0. The van der Waals surface area contributed by atoms with Gasteiger partial charge in [0.1, 0.15) is 0 Å². The van der Waals surface area contributed by atoms with E-state index in [1.54, 1.807) is 4.90 Å². The molecule has 0 aliphatic heterocycles. The third-order valence-corrected chi connectivity index (χ3v) is 4.13. The van der Waals surface area contributed by atoms with Crippen molar-refractivity contribution in [1.82, 2.24) is 4.90 Å². The molecule has 0 aromatic heterocycles. The molecule has 1 unspecified atom stereocenters. The molecule has 0 radical (unpaired) electrons. The first-order chi connectivity index (χ1) is 9.91. The van der Waals surface area contributed by atoms with E-state index in [4.69, 9.17) is 5.73 Å². The molecule has 3 nitrogen and oxygen atoms in total. The lowest BCUT2D eigenvalue weighted by Gasteiger charge is -2.26. The van der Waals surface area contributed by atoms with E-state index >= 15 is 0 Å². The second-order valence-corrected chi connectivity index (χ2v) is 5.51. The Balaban J connectivity index is 2.29. The molecule has 1 atom stereocenters. The average Bonchev–Trinajstić information content (AvgIpc) is 2.48. The Kier molecular flexibility index (Phi) is 4.32. The van der Waals surface area contributed by atoms with Gasteiger partial charge in [0.2, 0.25) is 0 Å². The minimum atomic E-state index is -0.0269. The van der Waals surface area contributed by atoms with Crippen molar-refractivity contribution >= 4 is 11.6 Å². The lowest BCUT2D eigenvalue weighted by molar-refractivity contribution is 0.0742. The Bertz CT molecular complexity index is 664. The van der Waals surface area contributed by atoms with Crippen molar-refractivity contribution in [1.29, 1.82) is 0 Å². The number of amides is 1. The molecular weight excluding hydrogens is 260 g/mol. The van der Waals surface area contributed by atoms with Crippen LogP contribution in [0.4, 0.5) is 5.69 Å². The number of nitrogen functional groups attached to an aromatic ring is 1. The monoisotopic (exact) mass is 282 g/mol. The molecule has 2 aromatic carbocycles. The van der Waals surface area contributed by atoms with Gasteiger partial charge in [0.05, 0.1) is 6.04 Å². The molecule has 0 aliphatic carbocycles. The van der Waals surface area contributed by atoms with Gasteiger partial charge in [0.25, 0.3) is 5.91 Å². The average molecular weight is 282 g/mol. The first-order valence-electron chi connectivity index (χ1n) is 7.10. The van der Waals surface area contributed by atoms with Gasteiger partial charge in [-0.15, -0.1) is 0 Å². The van der Waals surface area contributed by atoms with Crippen LogP contribution in [-0.2, 0) is 0 Å². The summed E-state index contributed by atoms with van der Waals surface area (Å²) in [5.74, 6) is 0.0334. The molecule has 2 rings (SSSR count). The van der Waals surface area contributed by atoms with Crippen LogP contribution in [0.5, 0.6) is 0 Å². The van der Waals surface area contributed by atoms with E-state index in [1.165, 1.54) is 0 Å². The van der Waals surface area contributed by atoms with Crippen LogP contribution >= 0.6 is 0 Å². The van der Waals surface area contributed by atoms with Gasteiger partial charge in [-0.1, -0.05) is 24.3 Å². The summed E-state index contributed by atoms with van der Waals surface area (Å²) in [6.45, 7) is 6.02. The highest BCUT2D eigenvalue weighted by Crippen LogP contribution is 2.24. The van der Waals surface area contributed by atoms with Crippen LogP contribution in [0.2, 0.25) is 0 Å². The Labute approximate surface area is 126 Å². The maximum atomic E-state index is 12.7. The number of carbonyl (C=O) groups is 1. The Morgan fingerprint density at radius 2 is 1.81 bits per heavy atom. The van der Waals surface area contributed by atoms with Crippen LogP contribution in [0.15, 0.2) is 42.5 Å². The first kappa shape index (κ1) is 15.1. The highest BCUT2D eigenvalue weighted by Gasteiger charge is 2.20. The van der Waals surface area contributed by atoms with Crippen molar-refractivity contribution in [2.24, 2.45) is 0 Å². The zero-order valence-electron chi connectivity index (χ0n) is 13.1. The minimum absolute atomic E-state index is 0.0269. The molecule has 2 aromatic rings. The zero-order chi connectivity index (χ0) is 15.6. The van der Waals surface area contributed by atoms with Gasteiger partial charge in [0.15, 0.2) is 0 Å². The first-order valence-corrected chi connectivity index (χ1v) is 7.10. The number of hydrogen-bond donors (Lipinski definition) is 1. The quantitative estimate of drug-likeness (QED) is 0.872. The fourth-order valence-electron chi connectivity index (χ4n) is 2.39. The molecule has 1 amide bonds. The predicted octanol–water partition coefficient (Wildman–Crippen LogP) is 3.72. The minimum Gasteiger partial charge on any atom is -0.399 e. The molecular formula is C18H22N2O. The van der Waals surface area contributed by atoms with E-state index < -0.39 is 0 Å². The van der Waals surface area contributed by atoms with Crippen molar-refractivity contribution < 1.29 is 4.79 Å². The lowest BCUT2D eigenvalue weighted by Crippen LogP contribution is -2.30. The molecule has 3 heteroatoms. The Hall–Kier alpha value is -2.29. The topological polar surface area (TPSA) is 46.3 Å². The predicted molar refractivity (Wildman–Crippen MR) is 87.3 cm³/mol. The summed E-state index contributed by atoms with van der Waals surface area (Å²) in [4.78, 5) is 14.5. The van der Waals surface area contributed by atoms with Gasteiger partial charge in [-0.25, -0.2) is 0 Å². The molecule has 0 saturated heterocycles. The van der Waals surface area contributed by atoms with Crippen molar-refractivity contribution in [3.8, 4) is 0 Å². The highest BCUT2D eigenvalue weighted by atomic mass is 16.2. The maximum absolute atomic E-state index is 12.7. The van der Waals surface area contributed by atoms with E-state index in [0.29, 0.717) is 5.69 Å². The Morgan fingerprint density at radius 3 is 2.48 bits per heavy atom. The summed E-state index contributed by atoms with van der Waals surface area (Å²) in [5, 5.41) is 0. The number of aryl methyl sites for hydroxylation is 1. The normalized spacial score (nSPS) is 12.0. The second-order valence-electron chi connectivity index (χ2n) is 5.51. The van der Waals surface area contributed by atoms with Crippen molar-refractivity contribution in [3.05, 3.63) is 64.7 Å². The highest BCUT2D eigenvalue weighted by molar-refractivity contribution is 5.96. The van der Waals surface area contributed by atoms with Crippen molar-refractivity contribution in [2.75, 3.05) is 12.8 Å². The van der Waals surface area contributed by atoms with Crippen molar-refractivity contribution in [2.45, 2.75) is 26.8 Å². The molecule has 0 heterocycles. The van der Waals surface area contributed by atoms with Crippen LogP contribution in [0.25, 0.3) is 0 Å². The SMILES string of the molecule is Cc1cccc(C(=O)N(C)C(C)c2cccc(N)c2)c1C. The van der Waals surface area contributed by atoms with E-state index in [9.17, 15) is 4.79 Å². The lowest BCUT2D eigenvalue weighted by atomic mass is 10.0. The molecule has 0 saturated carbocycles. The van der Waals surface area contributed by atoms with Crippen LogP contribution in [0.1, 0.15) is 40.0 Å². The molecule has 2 N–H and O–H groups in total. The van der Waals surface area contributed by atoms with Crippen LogP contribution < -0.4 is 5.73 Å². The van der Waals surface area contributed by atoms with Crippen LogP contribution in [0.3, 0.4) is 0 Å². The molecule has 0 fully saturated rings. The third kappa shape index (κ3) is 3.07. The van der Waals surface area contributed by atoms with E-state index in [2.05, 4.69) is 0 Å². The van der Waals surface area contributed by atoms with Gasteiger partial charge in [0, 0.05) is 18.3 Å². The summed E-state index contributed by atoms with van der Waals surface area (Å²) in [6.07, 6.45) is 0. The van der Waals surface area contributed by atoms with Gasteiger partial charge in [-0.2, -0.15) is 0 Å². The summed E-state index contributed by atoms with van der Waals surface area (Å²) < 4.78 is 0. The third-order valence-electron chi connectivity index (χ3n) is 4.13. The van der Waals surface area contributed by atoms with E-state index in [0.717, 1.165) is 22.3 Å². The largest absolute Gasteiger partial charge is 0.399 e. The molecule has 0 aliphatic rings. The number of nitrogens with two attached hydrogens (primary N) is 1. The molecule has 0 bridgehead atoms. The smallest absolute Gasteiger partial charge is 0.254 e. The fourth-order valence-corrected chi connectivity index (χ4v) is 2.39. The van der Waals surface area contributed by atoms with Gasteiger partial charge in [-0.05, 0) is 55.7 Å². The second kappa shape index (κ2) is 6.00. The number of hydrogen-bond acceptors (Lipinski definition) is 2. The number of benzene rings is 2. The number of nitrogens with zero attached hydrogens (tertiary/aromatic N) is 1. The van der Waals surface area contributed by atoms with E-state index in [-0.39, 0.29) is 11.9 Å².